The Morgan fingerprint density at radius 2 is 2.12 bits per heavy atom. The predicted octanol–water partition coefficient (Wildman–Crippen LogP) is 3.19. The number of rotatable bonds is 4. The second-order valence-electron chi connectivity index (χ2n) is 6.31. The van der Waals surface area contributed by atoms with Crippen molar-refractivity contribution >= 4 is 16.3 Å². The monoisotopic (exact) mass is 358 g/mol. The fraction of sp³-hybridized carbons (Fsp3) is 0.389. The standard InChI is InChI=1S/C18H19FN4OS/c1-2-16-21-23-17(24)10-14(20-18(23)25-16)11-22-9-3-4-15(22)12-5-7-13(19)8-6-12/h5-8,10,15H,2-4,9,11H2,1H3/t15-/m1/s1. The molecular formula is C18H19FN4OS. The van der Waals surface area contributed by atoms with Gasteiger partial charge in [-0.25, -0.2) is 9.37 Å². The van der Waals surface area contributed by atoms with Crippen molar-refractivity contribution in [2.45, 2.75) is 38.8 Å². The Morgan fingerprint density at radius 1 is 1.32 bits per heavy atom. The Bertz CT molecular complexity index is 950. The highest BCUT2D eigenvalue weighted by molar-refractivity contribution is 7.16. The minimum Gasteiger partial charge on any atom is -0.291 e. The Morgan fingerprint density at radius 3 is 2.88 bits per heavy atom. The van der Waals surface area contributed by atoms with Gasteiger partial charge in [-0.05, 0) is 43.5 Å². The first-order chi connectivity index (χ1) is 12.1. The lowest BCUT2D eigenvalue weighted by Crippen LogP contribution is -2.25. The summed E-state index contributed by atoms with van der Waals surface area (Å²) >= 11 is 1.46. The Labute approximate surface area is 148 Å². The van der Waals surface area contributed by atoms with Crippen molar-refractivity contribution in [2.75, 3.05) is 6.54 Å². The van der Waals surface area contributed by atoms with E-state index in [0.29, 0.717) is 11.5 Å². The molecule has 3 heterocycles. The molecule has 0 amide bonds. The van der Waals surface area contributed by atoms with Crippen LogP contribution in [0.2, 0.25) is 0 Å². The lowest BCUT2D eigenvalue weighted by Gasteiger charge is -2.24. The molecule has 1 fully saturated rings. The van der Waals surface area contributed by atoms with Gasteiger partial charge in [-0.2, -0.15) is 9.61 Å². The maximum atomic E-state index is 13.2. The molecule has 0 bridgehead atoms. The highest BCUT2D eigenvalue weighted by Gasteiger charge is 2.26. The van der Waals surface area contributed by atoms with Gasteiger partial charge < -0.3 is 0 Å². The van der Waals surface area contributed by atoms with Crippen LogP contribution in [0.3, 0.4) is 0 Å². The maximum absolute atomic E-state index is 13.2. The minimum atomic E-state index is -0.217. The second kappa shape index (κ2) is 6.65. The van der Waals surface area contributed by atoms with Crippen molar-refractivity contribution < 1.29 is 4.39 Å². The summed E-state index contributed by atoms with van der Waals surface area (Å²) in [5, 5.41) is 5.19. The molecule has 1 aliphatic rings. The number of nitrogens with zero attached hydrogens (tertiary/aromatic N) is 4. The van der Waals surface area contributed by atoms with E-state index < -0.39 is 0 Å². The zero-order valence-electron chi connectivity index (χ0n) is 14.0. The predicted molar refractivity (Wildman–Crippen MR) is 95.3 cm³/mol. The molecule has 1 saturated heterocycles. The number of benzene rings is 1. The van der Waals surface area contributed by atoms with Crippen LogP contribution in [-0.4, -0.2) is 26.0 Å². The van der Waals surface area contributed by atoms with Crippen molar-refractivity contribution in [1.82, 2.24) is 19.5 Å². The highest BCUT2D eigenvalue weighted by Crippen LogP contribution is 2.32. The molecule has 0 saturated carbocycles. The van der Waals surface area contributed by atoms with Crippen molar-refractivity contribution in [1.29, 1.82) is 0 Å². The van der Waals surface area contributed by atoms with Crippen LogP contribution < -0.4 is 5.56 Å². The van der Waals surface area contributed by atoms with E-state index in [1.54, 1.807) is 6.07 Å². The summed E-state index contributed by atoms with van der Waals surface area (Å²) in [5.41, 5.74) is 1.75. The van der Waals surface area contributed by atoms with Gasteiger partial charge in [0.1, 0.15) is 10.8 Å². The number of hydrogen-bond donors (Lipinski definition) is 0. The molecule has 0 spiro atoms. The smallest absolute Gasteiger partial charge is 0.275 e. The lowest BCUT2D eigenvalue weighted by atomic mass is 10.0. The molecule has 2 aromatic heterocycles. The van der Waals surface area contributed by atoms with E-state index in [4.69, 9.17) is 0 Å². The summed E-state index contributed by atoms with van der Waals surface area (Å²) < 4.78 is 14.6. The first kappa shape index (κ1) is 16.4. The molecule has 3 aromatic rings. The topological polar surface area (TPSA) is 50.5 Å². The minimum absolute atomic E-state index is 0.131. The van der Waals surface area contributed by atoms with Gasteiger partial charge in [-0.15, -0.1) is 0 Å². The van der Waals surface area contributed by atoms with Crippen LogP contribution in [0.5, 0.6) is 0 Å². The van der Waals surface area contributed by atoms with Crippen LogP contribution in [0.1, 0.15) is 42.1 Å². The molecule has 0 aliphatic carbocycles. The van der Waals surface area contributed by atoms with Gasteiger partial charge in [0.05, 0.1) is 5.69 Å². The largest absolute Gasteiger partial charge is 0.291 e. The van der Waals surface area contributed by atoms with E-state index in [1.165, 1.54) is 28.0 Å². The number of halogens is 1. The van der Waals surface area contributed by atoms with Crippen LogP contribution in [0.25, 0.3) is 4.96 Å². The summed E-state index contributed by atoms with van der Waals surface area (Å²) in [5.74, 6) is -0.217. The van der Waals surface area contributed by atoms with Gasteiger partial charge in [0.25, 0.3) is 5.56 Å². The van der Waals surface area contributed by atoms with Gasteiger partial charge in [0.2, 0.25) is 4.96 Å². The first-order valence-electron chi connectivity index (χ1n) is 8.52. The van der Waals surface area contributed by atoms with Crippen molar-refractivity contribution in [3.05, 3.63) is 62.8 Å². The van der Waals surface area contributed by atoms with Crippen LogP contribution in [-0.2, 0) is 13.0 Å². The molecule has 0 unspecified atom stereocenters. The molecule has 7 heteroatoms. The van der Waals surface area contributed by atoms with Crippen LogP contribution in [0, 0.1) is 5.82 Å². The average Bonchev–Trinajstić information content (AvgIpc) is 3.22. The van der Waals surface area contributed by atoms with Gasteiger partial charge in [0, 0.05) is 18.7 Å². The SMILES string of the molecule is CCc1nn2c(=O)cc(CN3CCC[C@@H]3c3ccc(F)cc3)nc2s1. The average molecular weight is 358 g/mol. The molecule has 1 aromatic carbocycles. The van der Waals surface area contributed by atoms with Gasteiger partial charge in [-0.1, -0.05) is 30.4 Å². The normalized spacial score (nSPS) is 18.2. The quantitative estimate of drug-likeness (QED) is 0.719. The summed E-state index contributed by atoms with van der Waals surface area (Å²) in [6, 6.07) is 8.53. The summed E-state index contributed by atoms with van der Waals surface area (Å²) in [6.07, 6.45) is 2.92. The summed E-state index contributed by atoms with van der Waals surface area (Å²) in [7, 11) is 0. The van der Waals surface area contributed by atoms with Crippen LogP contribution in [0.4, 0.5) is 4.39 Å². The highest BCUT2D eigenvalue weighted by atomic mass is 32.1. The lowest BCUT2D eigenvalue weighted by molar-refractivity contribution is 0.245. The number of fused-ring (bicyclic) bond motifs is 1. The van der Waals surface area contributed by atoms with Crippen molar-refractivity contribution in [3.8, 4) is 0 Å². The van der Waals surface area contributed by atoms with E-state index in [9.17, 15) is 9.18 Å². The van der Waals surface area contributed by atoms with Gasteiger partial charge in [-0.3, -0.25) is 9.69 Å². The van der Waals surface area contributed by atoms with Gasteiger partial charge >= 0.3 is 0 Å². The molecule has 0 N–H and O–H groups in total. The molecule has 0 radical (unpaired) electrons. The molecule has 130 valence electrons. The van der Waals surface area contributed by atoms with Crippen molar-refractivity contribution in [3.63, 3.8) is 0 Å². The Kier molecular flexibility index (Phi) is 4.35. The molecule has 5 nitrogen and oxygen atoms in total. The zero-order valence-corrected chi connectivity index (χ0v) is 14.8. The Balaban J connectivity index is 1.61. The molecule has 4 rings (SSSR count). The Hall–Kier alpha value is -2.12. The van der Waals surface area contributed by atoms with Crippen LogP contribution in [0.15, 0.2) is 35.1 Å². The molecule has 25 heavy (non-hydrogen) atoms. The van der Waals surface area contributed by atoms with Gasteiger partial charge in [0.15, 0.2) is 0 Å². The second-order valence-corrected chi connectivity index (χ2v) is 7.35. The third-order valence-corrected chi connectivity index (χ3v) is 5.68. The first-order valence-corrected chi connectivity index (χ1v) is 9.34. The number of aromatic nitrogens is 3. The van der Waals surface area contributed by atoms with Crippen molar-refractivity contribution in [2.24, 2.45) is 0 Å². The molecule has 1 aliphatic heterocycles. The van der Waals surface area contributed by atoms with E-state index in [1.807, 2.05) is 19.1 Å². The number of hydrogen-bond acceptors (Lipinski definition) is 5. The zero-order chi connectivity index (χ0) is 17.4. The van der Waals surface area contributed by atoms with Crippen LogP contribution >= 0.6 is 11.3 Å². The third kappa shape index (κ3) is 3.21. The van der Waals surface area contributed by atoms with E-state index >= 15 is 0 Å². The van der Waals surface area contributed by atoms with E-state index in [2.05, 4.69) is 15.0 Å². The number of aryl methyl sites for hydroxylation is 1. The molecule has 1 atom stereocenters. The third-order valence-electron chi connectivity index (χ3n) is 4.63. The summed E-state index contributed by atoms with van der Waals surface area (Å²) in [4.78, 5) is 19.9. The van der Waals surface area contributed by atoms with E-state index in [0.717, 1.165) is 42.1 Å². The summed E-state index contributed by atoms with van der Waals surface area (Å²) in [6.45, 7) is 3.58. The number of likely N-dealkylation sites (tertiary alicyclic amines) is 1. The van der Waals surface area contributed by atoms with E-state index in [-0.39, 0.29) is 17.4 Å². The maximum Gasteiger partial charge on any atom is 0.275 e. The molecular weight excluding hydrogens is 339 g/mol. The fourth-order valence-electron chi connectivity index (χ4n) is 3.41. The fourth-order valence-corrected chi connectivity index (χ4v) is 4.26.